The molecule has 2 amide bonds. The van der Waals surface area contributed by atoms with Crippen LogP contribution in [0.4, 0.5) is 9.18 Å². The average molecular weight is 451 g/mol. The van der Waals surface area contributed by atoms with E-state index >= 15 is 0 Å². The van der Waals surface area contributed by atoms with Gasteiger partial charge in [-0.25, -0.2) is 9.18 Å². The van der Waals surface area contributed by atoms with Crippen LogP contribution < -0.4 is 9.50 Å². The second-order valence-electron chi connectivity index (χ2n) is 7.72. The van der Waals surface area contributed by atoms with Gasteiger partial charge in [0.05, 0.1) is 12.6 Å². The molecule has 2 aromatic carbocycles. The van der Waals surface area contributed by atoms with Crippen LogP contribution in [0.5, 0.6) is 5.75 Å². The van der Waals surface area contributed by atoms with Crippen LogP contribution in [0.2, 0.25) is 0 Å². The maximum Gasteiger partial charge on any atom is 0.339 e. The van der Waals surface area contributed by atoms with Gasteiger partial charge in [0.1, 0.15) is 16.5 Å². The van der Waals surface area contributed by atoms with Crippen molar-refractivity contribution in [1.82, 2.24) is 10.2 Å². The number of benzene rings is 2. The maximum atomic E-state index is 13.2. The molecule has 9 heteroatoms. The number of urea groups is 1. The van der Waals surface area contributed by atoms with Crippen molar-refractivity contribution in [3.8, 4) is 5.75 Å². The van der Waals surface area contributed by atoms with Gasteiger partial charge in [-0.2, -0.15) is 8.42 Å². The van der Waals surface area contributed by atoms with Crippen LogP contribution in [0, 0.1) is 5.82 Å². The predicted octanol–water partition coefficient (Wildman–Crippen LogP) is 3.69. The van der Waals surface area contributed by atoms with E-state index in [2.05, 4.69) is 5.32 Å². The highest BCUT2D eigenvalue weighted by Crippen LogP contribution is 2.25. The molecule has 0 unspecified atom stereocenters. The first-order valence-electron chi connectivity index (χ1n) is 10.2. The number of carbonyl (C=O) groups is 1. The number of carbonyl (C=O) groups excluding carboxylic acids is 1. The third-order valence-corrected chi connectivity index (χ3v) is 6.03. The van der Waals surface area contributed by atoms with Gasteiger partial charge in [-0.15, -0.1) is 0 Å². The Bertz CT molecular complexity index is 989. The molecule has 0 saturated carbocycles. The van der Waals surface area contributed by atoms with Gasteiger partial charge in [-0.3, -0.25) is 0 Å². The molecule has 0 spiro atoms. The lowest BCUT2D eigenvalue weighted by Crippen LogP contribution is -2.45. The largest absolute Gasteiger partial charge is 0.379 e. The molecule has 1 aliphatic heterocycles. The molecular formula is C22H27FN2O5S. The monoisotopic (exact) mass is 450 g/mol. The third-order valence-electron chi connectivity index (χ3n) is 4.78. The summed E-state index contributed by atoms with van der Waals surface area (Å²) in [6.07, 6.45) is 1.75. The molecule has 7 nitrogen and oxygen atoms in total. The van der Waals surface area contributed by atoms with Crippen LogP contribution in [0.1, 0.15) is 32.3 Å². The molecule has 1 aliphatic rings. The zero-order valence-electron chi connectivity index (χ0n) is 17.6. The van der Waals surface area contributed by atoms with Crippen LogP contribution >= 0.6 is 0 Å². The van der Waals surface area contributed by atoms with E-state index in [1.807, 2.05) is 13.8 Å². The lowest BCUT2D eigenvalue weighted by molar-refractivity contribution is 0.0790. The molecule has 0 aromatic heterocycles. The van der Waals surface area contributed by atoms with Gasteiger partial charge < -0.3 is 19.1 Å². The first-order valence-corrected chi connectivity index (χ1v) is 11.6. The number of para-hydroxylation sites is 1. The van der Waals surface area contributed by atoms with Gasteiger partial charge >= 0.3 is 16.1 Å². The van der Waals surface area contributed by atoms with Gasteiger partial charge in [0.25, 0.3) is 0 Å². The summed E-state index contributed by atoms with van der Waals surface area (Å²) in [5.41, 5.74) is 0.532. The highest BCUT2D eigenvalue weighted by molar-refractivity contribution is 7.87. The smallest absolute Gasteiger partial charge is 0.339 e. The lowest BCUT2D eigenvalue weighted by Gasteiger charge is -2.27. The first kappa shape index (κ1) is 23.0. The molecule has 1 saturated heterocycles. The molecule has 0 aliphatic carbocycles. The van der Waals surface area contributed by atoms with Crippen LogP contribution in [0.3, 0.4) is 0 Å². The Kier molecular flexibility index (Phi) is 7.50. The van der Waals surface area contributed by atoms with Crippen LogP contribution in [-0.2, 0) is 21.4 Å². The quantitative estimate of drug-likeness (QED) is 0.620. The summed E-state index contributed by atoms with van der Waals surface area (Å²) in [6.45, 7) is 4.94. The summed E-state index contributed by atoms with van der Waals surface area (Å²) in [5.74, 6) is -0.429. The van der Waals surface area contributed by atoms with E-state index in [0.717, 1.165) is 37.1 Å². The van der Waals surface area contributed by atoms with Crippen molar-refractivity contribution in [3.05, 3.63) is 59.9 Å². The zero-order valence-corrected chi connectivity index (χ0v) is 18.4. The summed E-state index contributed by atoms with van der Waals surface area (Å²) >= 11 is 0. The minimum Gasteiger partial charge on any atom is -0.379 e. The van der Waals surface area contributed by atoms with E-state index in [1.54, 1.807) is 23.1 Å². The summed E-state index contributed by atoms with van der Waals surface area (Å²) in [6, 6.07) is 10.7. The van der Waals surface area contributed by atoms with Crippen LogP contribution in [0.15, 0.2) is 53.4 Å². The van der Waals surface area contributed by atoms with Crippen molar-refractivity contribution in [2.45, 2.75) is 50.3 Å². The predicted molar refractivity (Wildman–Crippen MR) is 114 cm³/mol. The molecule has 1 fully saturated rings. The van der Waals surface area contributed by atoms with Gasteiger partial charge in [0.2, 0.25) is 0 Å². The van der Waals surface area contributed by atoms with E-state index in [1.165, 1.54) is 6.07 Å². The Balaban J connectivity index is 1.82. The Morgan fingerprint density at radius 2 is 1.94 bits per heavy atom. The average Bonchev–Trinajstić information content (AvgIpc) is 3.21. The van der Waals surface area contributed by atoms with Gasteiger partial charge in [0.15, 0.2) is 0 Å². The Hall–Kier alpha value is -2.65. The number of hydrogen-bond acceptors (Lipinski definition) is 5. The molecule has 3 rings (SSSR count). The van der Waals surface area contributed by atoms with Crippen LogP contribution in [0.25, 0.3) is 0 Å². The van der Waals surface area contributed by atoms with E-state index in [0.29, 0.717) is 18.7 Å². The SMILES string of the molecule is CC(C)NC(=O)N(Cc1ccccc1OS(=O)(=O)c1ccc(F)cc1)C[C@H]1CCCO1. The topological polar surface area (TPSA) is 84.9 Å². The van der Waals surface area contributed by atoms with Crippen molar-refractivity contribution in [2.24, 2.45) is 0 Å². The standard InChI is InChI=1S/C22H27FN2O5S/c1-16(2)24-22(26)25(15-19-7-5-13-29-19)14-17-6-3-4-8-21(17)30-31(27,28)20-11-9-18(23)10-12-20/h3-4,6,8-12,16,19H,5,7,13-15H2,1-2H3,(H,24,26)/t19-/m1/s1. The minimum absolute atomic E-state index is 0.0511. The minimum atomic E-state index is -4.16. The lowest BCUT2D eigenvalue weighted by atomic mass is 10.1. The number of nitrogens with zero attached hydrogens (tertiary/aromatic N) is 1. The Labute approximate surface area is 182 Å². The van der Waals surface area contributed by atoms with Crippen molar-refractivity contribution < 1.29 is 26.5 Å². The van der Waals surface area contributed by atoms with E-state index in [9.17, 15) is 17.6 Å². The summed E-state index contributed by atoms with van der Waals surface area (Å²) < 4.78 is 49.5. The van der Waals surface area contributed by atoms with Gasteiger partial charge in [-0.1, -0.05) is 18.2 Å². The fraction of sp³-hybridized carbons (Fsp3) is 0.409. The van der Waals surface area contributed by atoms with Crippen molar-refractivity contribution in [2.75, 3.05) is 13.2 Å². The summed E-state index contributed by atoms with van der Waals surface area (Å²) in [5, 5.41) is 2.87. The fourth-order valence-corrected chi connectivity index (χ4v) is 4.25. The molecule has 1 heterocycles. The van der Waals surface area contributed by atoms with Gasteiger partial charge in [0, 0.05) is 24.8 Å². The number of amides is 2. The zero-order chi connectivity index (χ0) is 22.4. The first-order chi connectivity index (χ1) is 14.7. The number of hydrogen-bond donors (Lipinski definition) is 1. The molecule has 31 heavy (non-hydrogen) atoms. The molecule has 2 aromatic rings. The highest BCUT2D eigenvalue weighted by atomic mass is 32.2. The second kappa shape index (κ2) is 10.1. The normalized spacial score (nSPS) is 16.3. The van der Waals surface area contributed by atoms with Gasteiger partial charge in [-0.05, 0) is 57.0 Å². The molecule has 0 radical (unpaired) electrons. The Morgan fingerprint density at radius 1 is 1.23 bits per heavy atom. The van der Waals surface area contributed by atoms with Crippen molar-refractivity contribution in [3.63, 3.8) is 0 Å². The molecule has 1 atom stereocenters. The summed E-state index contributed by atoms with van der Waals surface area (Å²) in [7, 11) is -4.16. The van der Waals surface area contributed by atoms with Crippen molar-refractivity contribution in [1.29, 1.82) is 0 Å². The maximum absolute atomic E-state index is 13.2. The van der Waals surface area contributed by atoms with Crippen LogP contribution in [-0.4, -0.2) is 44.6 Å². The second-order valence-corrected chi connectivity index (χ2v) is 9.27. The van der Waals surface area contributed by atoms with E-state index in [-0.39, 0.29) is 35.4 Å². The molecule has 168 valence electrons. The highest BCUT2D eigenvalue weighted by Gasteiger charge is 2.25. The van der Waals surface area contributed by atoms with E-state index in [4.69, 9.17) is 8.92 Å². The number of halogens is 1. The van der Waals surface area contributed by atoms with E-state index < -0.39 is 15.9 Å². The summed E-state index contributed by atoms with van der Waals surface area (Å²) in [4.78, 5) is 14.2. The Morgan fingerprint density at radius 3 is 2.58 bits per heavy atom. The number of nitrogens with one attached hydrogen (secondary N) is 1. The van der Waals surface area contributed by atoms with Crippen molar-refractivity contribution >= 4 is 16.1 Å². The third kappa shape index (κ3) is 6.41. The molecule has 0 bridgehead atoms. The fourth-order valence-electron chi connectivity index (χ4n) is 3.28. The number of rotatable bonds is 8. The number of ether oxygens (including phenoxy) is 1. The molecule has 1 N–H and O–H groups in total. The molecular weight excluding hydrogens is 423 g/mol.